The van der Waals surface area contributed by atoms with Crippen LogP contribution in [0, 0.1) is 11.3 Å². The molecule has 1 aliphatic carbocycles. The van der Waals surface area contributed by atoms with Gasteiger partial charge in [-0.15, -0.1) is 0 Å². The third-order valence-electron chi connectivity index (χ3n) is 3.41. The lowest BCUT2D eigenvalue weighted by Crippen LogP contribution is -2.54. The summed E-state index contributed by atoms with van der Waals surface area (Å²) in [6, 6.07) is 8.60. The normalized spacial score (nSPS) is 17.5. The van der Waals surface area contributed by atoms with Crippen molar-refractivity contribution >= 4 is 10.0 Å². The summed E-state index contributed by atoms with van der Waals surface area (Å²) in [4.78, 5) is 0. The molecule has 1 saturated carbocycles. The zero-order valence-electron chi connectivity index (χ0n) is 10.6. The molecule has 102 valence electrons. The van der Waals surface area contributed by atoms with Gasteiger partial charge in [-0.1, -0.05) is 12.1 Å². The highest BCUT2D eigenvalue weighted by atomic mass is 32.2. The highest BCUT2D eigenvalue weighted by molar-refractivity contribution is 7.88. The number of sulfonamides is 1. The molecule has 6 heteroatoms. The molecule has 0 radical (unpaired) electrons. The fourth-order valence-corrected chi connectivity index (χ4v) is 3.29. The van der Waals surface area contributed by atoms with Crippen molar-refractivity contribution in [1.29, 1.82) is 5.26 Å². The van der Waals surface area contributed by atoms with Crippen LogP contribution in [0.4, 0.5) is 0 Å². The van der Waals surface area contributed by atoms with Gasteiger partial charge in [-0.3, -0.25) is 0 Å². The fourth-order valence-electron chi connectivity index (χ4n) is 2.06. The Morgan fingerprint density at radius 3 is 2.74 bits per heavy atom. The van der Waals surface area contributed by atoms with E-state index in [1.165, 1.54) is 0 Å². The minimum Gasteiger partial charge on any atom is -0.324 e. The van der Waals surface area contributed by atoms with E-state index < -0.39 is 10.0 Å². The predicted octanol–water partition coefficient (Wildman–Crippen LogP) is 0.859. The molecule has 0 aliphatic heterocycles. The van der Waals surface area contributed by atoms with E-state index in [4.69, 9.17) is 11.0 Å². The molecule has 3 N–H and O–H groups in total. The first-order chi connectivity index (χ1) is 8.92. The lowest BCUT2D eigenvalue weighted by molar-refractivity contribution is 0.251. The molecule has 0 heterocycles. The molecule has 1 aliphatic rings. The van der Waals surface area contributed by atoms with Gasteiger partial charge in [0.05, 0.1) is 17.4 Å². The molecular formula is C13H17N3O2S. The van der Waals surface area contributed by atoms with Gasteiger partial charge in [-0.2, -0.15) is 5.26 Å². The van der Waals surface area contributed by atoms with E-state index in [-0.39, 0.29) is 17.8 Å². The number of rotatable bonds is 5. The van der Waals surface area contributed by atoms with Gasteiger partial charge < -0.3 is 5.73 Å². The van der Waals surface area contributed by atoms with Crippen molar-refractivity contribution in [3.05, 3.63) is 35.4 Å². The standard InChI is InChI=1S/C13H17N3O2S/c14-8-11-3-1-4-12(7-11)9-19(17,18)16-10-13(15)5-2-6-13/h1,3-4,7,16H,2,5-6,9-10,15H2. The molecule has 0 unspecified atom stereocenters. The molecule has 1 fully saturated rings. The maximum Gasteiger partial charge on any atom is 0.215 e. The van der Waals surface area contributed by atoms with Crippen LogP contribution in [0.3, 0.4) is 0 Å². The Hall–Kier alpha value is -1.42. The smallest absolute Gasteiger partial charge is 0.215 e. The van der Waals surface area contributed by atoms with Gasteiger partial charge in [-0.25, -0.2) is 13.1 Å². The third kappa shape index (κ3) is 3.77. The molecule has 2 rings (SSSR count). The van der Waals surface area contributed by atoms with Crippen molar-refractivity contribution in [2.24, 2.45) is 5.73 Å². The van der Waals surface area contributed by atoms with Gasteiger partial charge in [-0.05, 0) is 37.0 Å². The molecule has 0 spiro atoms. The second kappa shape index (κ2) is 5.29. The number of nitriles is 1. The average molecular weight is 279 g/mol. The Bertz CT molecular complexity index is 601. The Balaban J connectivity index is 1.98. The van der Waals surface area contributed by atoms with Crippen LogP contribution in [0.15, 0.2) is 24.3 Å². The summed E-state index contributed by atoms with van der Waals surface area (Å²) in [6.07, 6.45) is 2.78. The molecule has 0 atom stereocenters. The largest absolute Gasteiger partial charge is 0.324 e. The number of hydrogen-bond acceptors (Lipinski definition) is 4. The van der Waals surface area contributed by atoms with Crippen LogP contribution in [0.5, 0.6) is 0 Å². The third-order valence-corrected chi connectivity index (χ3v) is 4.70. The Labute approximate surface area is 113 Å². The highest BCUT2D eigenvalue weighted by Gasteiger charge is 2.33. The molecule has 0 aromatic heterocycles. The summed E-state index contributed by atoms with van der Waals surface area (Å²) in [5, 5.41) is 8.78. The number of benzene rings is 1. The van der Waals surface area contributed by atoms with Gasteiger partial charge in [0.15, 0.2) is 0 Å². The van der Waals surface area contributed by atoms with E-state index >= 15 is 0 Å². The van der Waals surface area contributed by atoms with Crippen molar-refractivity contribution in [3.63, 3.8) is 0 Å². The SMILES string of the molecule is N#Cc1cccc(CS(=O)(=O)NCC2(N)CCC2)c1. The molecule has 1 aromatic carbocycles. The summed E-state index contributed by atoms with van der Waals surface area (Å²) < 4.78 is 26.4. The minimum absolute atomic E-state index is 0.126. The van der Waals surface area contributed by atoms with Crippen LogP contribution >= 0.6 is 0 Å². The zero-order chi connectivity index (χ0) is 13.9. The first-order valence-electron chi connectivity index (χ1n) is 6.18. The monoisotopic (exact) mass is 279 g/mol. The number of nitrogens with one attached hydrogen (secondary N) is 1. The number of hydrogen-bond donors (Lipinski definition) is 2. The van der Waals surface area contributed by atoms with E-state index in [0.717, 1.165) is 19.3 Å². The molecule has 1 aromatic rings. The predicted molar refractivity (Wildman–Crippen MR) is 72.6 cm³/mol. The van der Waals surface area contributed by atoms with Gasteiger partial charge >= 0.3 is 0 Å². The van der Waals surface area contributed by atoms with Gasteiger partial charge in [0.2, 0.25) is 10.0 Å². The van der Waals surface area contributed by atoms with Crippen LogP contribution in [-0.2, 0) is 15.8 Å². The van der Waals surface area contributed by atoms with Crippen LogP contribution in [0.2, 0.25) is 0 Å². The van der Waals surface area contributed by atoms with E-state index in [9.17, 15) is 8.42 Å². The summed E-state index contributed by atoms with van der Waals surface area (Å²) in [5.41, 5.74) is 6.67. The van der Waals surface area contributed by atoms with Crippen LogP contribution in [0.25, 0.3) is 0 Å². The Morgan fingerprint density at radius 2 is 2.16 bits per heavy atom. The van der Waals surface area contributed by atoms with Gasteiger partial charge in [0, 0.05) is 12.1 Å². The average Bonchev–Trinajstić information content (AvgIpc) is 2.34. The molecule has 0 saturated heterocycles. The summed E-state index contributed by atoms with van der Waals surface area (Å²) >= 11 is 0. The summed E-state index contributed by atoms with van der Waals surface area (Å²) in [7, 11) is -3.41. The molecular weight excluding hydrogens is 262 g/mol. The summed E-state index contributed by atoms with van der Waals surface area (Å²) in [5.74, 6) is -0.126. The fraction of sp³-hybridized carbons (Fsp3) is 0.462. The zero-order valence-corrected chi connectivity index (χ0v) is 11.4. The molecule has 0 bridgehead atoms. The van der Waals surface area contributed by atoms with Crippen LogP contribution in [0.1, 0.15) is 30.4 Å². The van der Waals surface area contributed by atoms with E-state index in [1.807, 2.05) is 6.07 Å². The van der Waals surface area contributed by atoms with Crippen molar-refractivity contribution in [2.75, 3.05) is 6.54 Å². The van der Waals surface area contributed by atoms with Crippen molar-refractivity contribution in [2.45, 2.75) is 30.6 Å². The van der Waals surface area contributed by atoms with E-state index in [1.54, 1.807) is 24.3 Å². The Kier molecular flexibility index (Phi) is 3.90. The van der Waals surface area contributed by atoms with Gasteiger partial charge in [0.1, 0.15) is 0 Å². The quantitative estimate of drug-likeness (QED) is 0.835. The minimum atomic E-state index is -3.41. The van der Waals surface area contributed by atoms with Gasteiger partial charge in [0.25, 0.3) is 0 Å². The Morgan fingerprint density at radius 1 is 1.42 bits per heavy atom. The first-order valence-corrected chi connectivity index (χ1v) is 7.83. The van der Waals surface area contributed by atoms with Crippen LogP contribution in [-0.4, -0.2) is 20.5 Å². The lowest BCUT2D eigenvalue weighted by Gasteiger charge is -2.38. The van der Waals surface area contributed by atoms with Crippen molar-refractivity contribution < 1.29 is 8.42 Å². The lowest BCUT2D eigenvalue weighted by atomic mass is 9.78. The highest BCUT2D eigenvalue weighted by Crippen LogP contribution is 2.28. The second-order valence-electron chi connectivity index (χ2n) is 5.11. The second-order valence-corrected chi connectivity index (χ2v) is 6.92. The van der Waals surface area contributed by atoms with Crippen LogP contribution < -0.4 is 10.5 Å². The molecule has 19 heavy (non-hydrogen) atoms. The first kappa shape index (κ1) is 14.0. The molecule has 5 nitrogen and oxygen atoms in total. The maximum absolute atomic E-state index is 11.9. The topological polar surface area (TPSA) is 96.0 Å². The number of nitrogens with zero attached hydrogens (tertiary/aromatic N) is 1. The van der Waals surface area contributed by atoms with Crippen molar-refractivity contribution in [1.82, 2.24) is 4.72 Å². The maximum atomic E-state index is 11.9. The summed E-state index contributed by atoms with van der Waals surface area (Å²) in [6.45, 7) is 0.285. The number of nitrogens with two attached hydrogens (primary N) is 1. The molecule has 0 amide bonds. The van der Waals surface area contributed by atoms with E-state index in [2.05, 4.69) is 4.72 Å². The van der Waals surface area contributed by atoms with E-state index in [0.29, 0.717) is 11.1 Å². The van der Waals surface area contributed by atoms with Crippen molar-refractivity contribution in [3.8, 4) is 6.07 Å².